The van der Waals surface area contributed by atoms with Crippen LogP contribution in [0.25, 0.3) is 10.9 Å². The van der Waals surface area contributed by atoms with Crippen LogP contribution < -0.4 is 5.73 Å². The number of hydrogen-bond donors (Lipinski definition) is 3. The Labute approximate surface area is 233 Å². The minimum absolute atomic E-state index is 0. The number of aromatic nitrogens is 1. The molecule has 3 aromatic rings. The molecular formula is C30H35ClFN3O4. The van der Waals surface area contributed by atoms with Crippen LogP contribution in [0, 0.1) is 11.8 Å². The van der Waals surface area contributed by atoms with Crippen LogP contribution in [0.1, 0.15) is 59.6 Å². The van der Waals surface area contributed by atoms with E-state index in [1.807, 2.05) is 42.5 Å². The van der Waals surface area contributed by atoms with Crippen LogP contribution >= 0.6 is 12.4 Å². The number of halogens is 2. The van der Waals surface area contributed by atoms with Gasteiger partial charge in [0.15, 0.2) is 5.78 Å². The quantitative estimate of drug-likeness (QED) is 0.366. The van der Waals surface area contributed by atoms with Crippen molar-refractivity contribution < 1.29 is 23.9 Å². The number of hydrogen-bond acceptors (Lipinski definition) is 4. The number of carbonyl (C=O) groups is 3. The molecule has 2 aromatic carbocycles. The minimum atomic E-state index is -1.04. The molecule has 208 valence electrons. The van der Waals surface area contributed by atoms with Gasteiger partial charge in [0.05, 0.1) is 6.04 Å². The van der Waals surface area contributed by atoms with Crippen molar-refractivity contribution in [3.8, 4) is 0 Å². The molecule has 1 saturated carbocycles. The van der Waals surface area contributed by atoms with Gasteiger partial charge in [0.25, 0.3) is 0 Å². The monoisotopic (exact) mass is 555 g/mol. The van der Waals surface area contributed by atoms with Gasteiger partial charge >= 0.3 is 5.97 Å². The number of H-pyrrole nitrogens is 1. The normalized spacial score (nSPS) is 23.8. The van der Waals surface area contributed by atoms with Gasteiger partial charge in [-0.25, -0.2) is 9.18 Å². The van der Waals surface area contributed by atoms with Gasteiger partial charge in [-0.05, 0) is 67.3 Å². The second-order valence-electron chi connectivity index (χ2n) is 10.8. The molecule has 39 heavy (non-hydrogen) atoms. The van der Waals surface area contributed by atoms with E-state index < -0.39 is 24.7 Å². The summed E-state index contributed by atoms with van der Waals surface area (Å²) in [5.41, 5.74) is 8.54. The fraction of sp³-hybridized carbons (Fsp3) is 0.433. The first-order chi connectivity index (χ1) is 18.4. The van der Waals surface area contributed by atoms with Crippen molar-refractivity contribution >= 4 is 41.0 Å². The molecule has 9 heteroatoms. The van der Waals surface area contributed by atoms with E-state index >= 15 is 0 Å². The second kappa shape index (κ2) is 12.3. The van der Waals surface area contributed by atoms with Crippen LogP contribution in [0.2, 0.25) is 0 Å². The summed E-state index contributed by atoms with van der Waals surface area (Å²) in [6.07, 6.45) is 3.66. The van der Waals surface area contributed by atoms with Crippen molar-refractivity contribution in [2.45, 2.75) is 56.5 Å². The molecule has 1 aliphatic heterocycles. The van der Waals surface area contributed by atoms with Gasteiger partial charge in [-0.15, -0.1) is 12.4 Å². The number of fused-ring (bicyclic) bond motifs is 1. The van der Waals surface area contributed by atoms with Crippen LogP contribution in [-0.2, 0) is 16.0 Å². The summed E-state index contributed by atoms with van der Waals surface area (Å²) in [5.74, 6) is -1.20. The highest BCUT2D eigenvalue weighted by atomic mass is 35.5. The highest BCUT2D eigenvalue weighted by Gasteiger charge is 2.44. The van der Waals surface area contributed by atoms with Gasteiger partial charge in [0.1, 0.15) is 12.4 Å². The topological polar surface area (TPSA) is 116 Å². The van der Waals surface area contributed by atoms with E-state index in [2.05, 4.69) is 4.98 Å². The molecule has 0 unspecified atom stereocenters. The predicted octanol–water partition coefficient (Wildman–Crippen LogP) is 4.89. The van der Waals surface area contributed by atoms with Crippen LogP contribution in [0.5, 0.6) is 0 Å². The zero-order chi connectivity index (χ0) is 26.8. The highest BCUT2D eigenvalue weighted by Crippen LogP contribution is 2.38. The Morgan fingerprint density at radius 3 is 2.41 bits per heavy atom. The lowest BCUT2D eigenvalue weighted by atomic mass is 9.78. The number of nitrogens with one attached hydrogen (secondary N) is 1. The maximum atomic E-state index is 13.9. The van der Waals surface area contributed by atoms with E-state index in [0.29, 0.717) is 31.3 Å². The van der Waals surface area contributed by atoms with E-state index in [-0.39, 0.29) is 54.0 Å². The van der Waals surface area contributed by atoms with E-state index in [9.17, 15) is 23.9 Å². The molecule has 5 rings (SSSR count). The second-order valence-corrected chi connectivity index (χ2v) is 10.8. The molecule has 2 heterocycles. The Bertz CT molecular complexity index is 1320. The van der Waals surface area contributed by atoms with Gasteiger partial charge in [-0.1, -0.05) is 36.4 Å². The summed E-state index contributed by atoms with van der Waals surface area (Å²) >= 11 is 0. The molecule has 0 radical (unpaired) electrons. The van der Waals surface area contributed by atoms with Gasteiger partial charge in [0, 0.05) is 41.7 Å². The maximum absolute atomic E-state index is 13.9. The summed E-state index contributed by atoms with van der Waals surface area (Å²) in [5, 5.41) is 10.0. The summed E-state index contributed by atoms with van der Waals surface area (Å²) in [6.45, 7) is -0.0194. The summed E-state index contributed by atoms with van der Waals surface area (Å²) in [6, 6.07) is 15.9. The van der Waals surface area contributed by atoms with Crippen LogP contribution in [0.3, 0.4) is 0 Å². The number of aromatic carboxylic acids is 1. The number of aromatic amines is 1. The number of carboxylic acids is 1. The Morgan fingerprint density at radius 1 is 1.03 bits per heavy atom. The van der Waals surface area contributed by atoms with Gasteiger partial charge < -0.3 is 20.7 Å². The number of Topliss-reactive ketones (excluding diaryl/α,β-unsaturated/α-hetero) is 1. The number of nitrogens with zero attached hydrogens (tertiary/aromatic N) is 1. The summed E-state index contributed by atoms with van der Waals surface area (Å²) in [7, 11) is 0. The SMILES string of the molecule is Cl.N[C@H](CF)C1CCC(C(=O)N2CC[C@@H](c3ccccc3)[C@H]2C(=O)Cc2ccc3[nH]c(C(=O)O)cc3c2)CC1. The number of ketones is 1. The number of likely N-dealkylation sites (tertiary alicyclic amines) is 1. The van der Waals surface area contributed by atoms with E-state index in [1.54, 1.807) is 17.0 Å². The van der Waals surface area contributed by atoms with Gasteiger partial charge in [-0.2, -0.15) is 0 Å². The molecule has 2 fully saturated rings. The molecule has 1 aromatic heterocycles. The Kier molecular flexibility index (Phi) is 9.08. The first kappa shape index (κ1) is 28.8. The van der Waals surface area contributed by atoms with E-state index in [0.717, 1.165) is 29.4 Å². The summed E-state index contributed by atoms with van der Waals surface area (Å²) < 4.78 is 13.1. The lowest BCUT2D eigenvalue weighted by Crippen LogP contribution is -2.47. The molecule has 0 bridgehead atoms. The van der Waals surface area contributed by atoms with Crippen molar-refractivity contribution in [1.29, 1.82) is 0 Å². The van der Waals surface area contributed by atoms with Crippen molar-refractivity contribution in [2.24, 2.45) is 17.6 Å². The van der Waals surface area contributed by atoms with Gasteiger partial charge in [0.2, 0.25) is 5.91 Å². The first-order valence-electron chi connectivity index (χ1n) is 13.4. The number of alkyl halides is 1. The van der Waals surface area contributed by atoms with E-state index in [1.165, 1.54) is 0 Å². The van der Waals surface area contributed by atoms with Crippen LogP contribution in [0.15, 0.2) is 54.6 Å². The summed E-state index contributed by atoms with van der Waals surface area (Å²) in [4.78, 5) is 43.6. The predicted molar refractivity (Wildman–Crippen MR) is 150 cm³/mol. The molecule has 3 atom stereocenters. The molecule has 1 amide bonds. The largest absolute Gasteiger partial charge is 0.477 e. The smallest absolute Gasteiger partial charge is 0.352 e. The van der Waals surface area contributed by atoms with E-state index in [4.69, 9.17) is 5.73 Å². The number of carboxylic acid groups (broad SMARTS) is 1. The third-order valence-corrected chi connectivity index (χ3v) is 8.44. The average molecular weight is 556 g/mol. The molecular weight excluding hydrogens is 521 g/mol. The van der Waals surface area contributed by atoms with Gasteiger partial charge in [-0.3, -0.25) is 9.59 Å². The van der Waals surface area contributed by atoms with Crippen molar-refractivity contribution in [3.63, 3.8) is 0 Å². The Hall–Kier alpha value is -3.23. The lowest BCUT2D eigenvalue weighted by molar-refractivity contribution is -0.142. The van der Waals surface area contributed by atoms with Crippen molar-refractivity contribution in [1.82, 2.24) is 9.88 Å². The Morgan fingerprint density at radius 2 is 1.74 bits per heavy atom. The molecule has 1 saturated heterocycles. The lowest BCUT2D eigenvalue weighted by Gasteiger charge is -2.35. The highest BCUT2D eigenvalue weighted by molar-refractivity contribution is 5.95. The number of benzene rings is 2. The standard InChI is InChI=1S/C30H34FN3O4.ClH/c31-17-24(32)20-7-9-21(10-8-20)29(36)34-13-12-23(19-4-2-1-3-5-19)28(34)27(35)15-18-6-11-25-22(14-18)16-26(33-25)30(37)38;/h1-6,11,14,16,20-21,23-24,28,33H,7-10,12-13,15,17,32H2,(H,37,38);1H/t20?,21?,23-,24+,28-;/m0./s1. The minimum Gasteiger partial charge on any atom is -0.477 e. The average Bonchev–Trinajstić information content (AvgIpc) is 3.58. The molecule has 2 aliphatic rings. The Balaban J connectivity index is 0.00000353. The maximum Gasteiger partial charge on any atom is 0.352 e. The third-order valence-electron chi connectivity index (χ3n) is 8.44. The zero-order valence-corrected chi connectivity index (χ0v) is 22.5. The fourth-order valence-electron chi connectivity index (χ4n) is 6.35. The van der Waals surface area contributed by atoms with Crippen molar-refractivity contribution in [2.75, 3.05) is 13.2 Å². The van der Waals surface area contributed by atoms with Crippen LogP contribution in [-0.4, -0.2) is 58.0 Å². The van der Waals surface area contributed by atoms with Crippen molar-refractivity contribution in [3.05, 3.63) is 71.4 Å². The molecule has 0 spiro atoms. The fourth-order valence-corrected chi connectivity index (χ4v) is 6.35. The molecule has 4 N–H and O–H groups in total. The number of amides is 1. The molecule has 1 aliphatic carbocycles. The number of nitrogens with two attached hydrogens (primary N) is 1. The van der Waals surface area contributed by atoms with Crippen LogP contribution in [0.4, 0.5) is 4.39 Å². The number of carbonyl (C=O) groups excluding carboxylic acids is 2. The number of rotatable bonds is 8. The zero-order valence-electron chi connectivity index (χ0n) is 21.7. The molecule has 7 nitrogen and oxygen atoms in total. The first-order valence-corrected chi connectivity index (χ1v) is 13.4. The third kappa shape index (κ3) is 6.02.